The lowest BCUT2D eigenvalue weighted by Crippen LogP contribution is -2.38. The molecule has 1 heteroatoms. The number of unbranched alkanes of at least 4 members (excludes halogenated alkanes) is 8. The van der Waals surface area contributed by atoms with E-state index in [1.807, 2.05) is 0 Å². The van der Waals surface area contributed by atoms with Gasteiger partial charge in [0, 0.05) is 6.04 Å². The van der Waals surface area contributed by atoms with Crippen LogP contribution in [-0.2, 0) is 0 Å². The molecule has 0 aromatic heterocycles. The first kappa shape index (κ1) is 19.0. The average Bonchev–Trinajstić information content (AvgIpc) is 2.53. The van der Waals surface area contributed by atoms with Crippen molar-refractivity contribution in [3.05, 3.63) is 0 Å². The maximum Gasteiger partial charge on any atom is 0.00952 e. The van der Waals surface area contributed by atoms with Crippen LogP contribution in [0.4, 0.5) is 0 Å². The smallest absolute Gasteiger partial charge is 0.00952 e. The summed E-state index contributed by atoms with van der Waals surface area (Å²) in [5.74, 6) is 0. The van der Waals surface area contributed by atoms with Crippen LogP contribution >= 0.6 is 0 Å². The zero-order valence-electron chi connectivity index (χ0n) is 15.0. The molecule has 0 spiro atoms. The largest absolute Gasteiger partial charge is 0.300 e. The van der Waals surface area contributed by atoms with Crippen LogP contribution in [0.5, 0.6) is 0 Å². The summed E-state index contributed by atoms with van der Waals surface area (Å²) in [6, 6.07) is 0.927. The fraction of sp³-hybridized carbons (Fsp3) is 1.00. The van der Waals surface area contributed by atoms with E-state index >= 15 is 0 Å². The van der Waals surface area contributed by atoms with Gasteiger partial charge in [0.2, 0.25) is 0 Å². The third kappa shape index (κ3) is 9.55. The zero-order chi connectivity index (χ0) is 15.2. The van der Waals surface area contributed by atoms with Crippen molar-refractivity contribution in [3.63, 3.8) is 0 Å². The van der Waals surface area contributed by atoms with Gasteiger partial charge < -0.3 is 4.90 Å². The van der Waals surface area contributed by atoms with Crippen LogP contribution < -0.4 is 0 Å². The Morgan fingerprint density at radius 3 is 1.57 bits per heavy atom. The van der Waals surface area contributed by atoms with Crippen molar-refractivity contribution in [2.24, 2.45) is 0 Å². The summed E-state index contributed by atoms with van der Waals surface area (Å²) in [4.78, 5) is 2.87. The van der Waals surface area contributed by atoms with Gasteiger partial charge in [0.1, 0.15) is 0 Å². The second kappa shape index (κ2) is 13.6. The van der Waals surface area contributed by atoms with Crippen molar-refractivity contribution in [3.8, 4) is 0 Å². The normalized spacial score (nSPS) is 16.7. The highest BCUT2D eigenvalue weighted by atomic mass is 15.1. The van der Waals surface area contributed by atoms with E-state index in [1.54, 1.807) is 0 Å². The van der Waals surface area contributed by atoms with Crippen molar-refractivity contribution >= 4 is 0 Å². The van der Waals surface area contributed by atoms with Gasteiger partial charge in [-0.1, -0.05) is 84.5 Å². The fourth-order valence-corrected chi connectivity index (χ4v) is 3.76. The molecule has 0 unspecified atom stereocenters. The predicted octanol–water partition coefficient (Wildman–Crippen LogP) is 6.56. The van der Waals surface area contributed by atoms with Gasteiger partial charge in [-0.2, -0.15) is 0 Å². The molecule has 0 aromatic carbocycles. The second-order valence-electron chi connectivity index (χ2n) is 7.16. The molecular weight excluding hydrogens is 254 g/mol. The maximum atomic E-state index is 2.87. The molecular formula is C20H41N. The molecule has 1 aliphatic rings. The Hall–Kier alpha value is -0.0400. The second-order valence-corrected chi connectivity index (χ2v) is 7.16. The number of nitrogens with zero attached hydrogens (tertiary/aromatic N) is 1. The quantitative estimate of drug-likeness (QED) is 0.348. The lowest BCUT2D eigenvalue weighted by Gasteiger charge is -2.34. The van der Waals surface area contributed by atoms with Crippen molar-refractivity contribution in [1.29, 1.82) is 0 Å². The summed E-state index contributed by atoms with van der Waals surface area (Å²) in [5.41, 5.74) is 0. The van der Waals surface area contributed by atoms with Crippen LogP contribution in [0.15, 0.2) is 0 Å². The summed E-state index contributed by atoms with van der Waals surface area (Å²) in [7, 11) is 0. The molecule has 0 heterocycles. The Kier molecular flexibility index (Phi) is 12.3. The summed E-state index contributed by atoms with van der Waals surface area (Å²) >= 11 is 0. The van der Waals surface area contributed by atoms with E-state index in [0.717, 1.165) is 6.04 Å². The van der Waals surface area contributed by atoms with Crippen molar-refractivity contribution in [2.45, 2.75) is 116 Å². The maximum absolute atomic E-state index is 2.87. The molecule has 0 bridgehead atoms. The van der Waals surface area contributed by atoms with Crippen LogP contribution in [0.2, 0.25) is 0 Å². The van der Waals surface area contributed by atoms with E-state index in [2.05, 4.69) is 18.7 Å². The monoisotopic (exact) mass is 295 g/mol. The summed E-state index contributed by atoms with van der Waals surface area (Å²) < 4.78 is 0. The van der Waals surface area contributed by atoms with Crippen LogP contribution in [0, 0.1) is 0 Å². The summed E-state index contributed by atoms with van der Waals surface area (Å²) in [6.07, 6.45) is 21.7. The molecule has 0 radical (unpaired) electrons. The molecule has 0 aromatic rings. The first-order chi connectivity index (χ1) is 10.4. The highest BCUT2D eigenvalue weighted by Gasteiger charge is 2.20. The van der Waals surface area contributed by atoms with Gasteiger partial charge in [-0.3, -0.25) is 0 Å². The number of hydrogen-bond acceptors (Lipinski definition) is 1. The van der Waals surface area contributed by atoms with Gasteiger partial charge in [-0.25, -0.2) is 0 Å². The summed E-state index contributed by atoms with van der Waals surface area (Å²) in [6.45, 7) is 7.37. The van der Waals surface area contributed by atoms with E-state index in [4.69, 9.17) is 0 Å². The Bertz CT molecular complexity index is 194. The standard InChI is InChI=1S/C20H41N/c1-3-5-7-9-14-18-21(19-15-10-8-6-4-2)20-16-12-11-13-17-20/h20H,3-19H2,1-2H3. The van der Waals surface area contributed by atoms with Crippen LogP contribution in [-0.4, -0.2) is 24.0 Å². The SMILES string of the molecule is CCCCCCCN(CCCCCCC)C1CCCCC1. The number of hydrogen-bond donors (Lipinski definition) is 0. The summed E-state index contributed by atoms with van der Waals surface area (Å²) in [5, 5.41) is 0. The molecule has 0 atom stereocenters. The van der Waals surface area contributed by atoms with Crippen molar-refractivity contribution in [2.75, 3.05) is 13.1 Å². The third-order valence-corrected chi connectivity index (χ3v) is 5.19. The Morgan fingerprint density at radius 1 is 0.619 bits per heavy atom. The molecule has 0 N–H and O–H groups in total. The van der Waals surface area contributed by atoms with Gasteiger partial charge in [0.05, 0.1) is 0 Å². The predicted molar refractivity (Wildman–Crippen MR) is 96.0 cm³/mol. The van der Waals surface area contributed by atoms with Crippen molar-refractivity contribution in [1.82, 2.24) is 4.90 Å². The first-order valence-corrected chi connectivity index (χ1v) is 10.1. The molecule has 1 aliphatic carbocycles. The molecule has 1 nitrogen and oxygen atoms in total. The van der Waals surface area contributed by atoms with E-state index < -0.39 is 0 Å². The third-order valence-electron chi connectivity index (χ3n) is 5.19. The Morgan fingerprint density at radius 2 is 1.10 bits per heavy atom. The lowest BCUT2D eigenvalue weighted by atomic mass is 9.93. The molecule has 0 aliphatic heterocycles. The van der Waals surface area contributed by atoms with Gasteiger partial charge >= 0.3 is 0 Å². The molecule has 1 saturated carbocycles. The van der Waals surface area contributed by atoms with E-state index in [0.29, 0.717) is 0 Å². The minimum absolute atomic E-state index is 0.927. The van der Waals surface area contributed by atoms with Crippen LogP contribution in [0.25, 0.3) is 0 Å². The van der Waals surface area contributed by atoms with Crippen molar-refractivity contribution < 1.29 is 0 Å². The number of rotatable bonds is 13. The van der Waals surface area contributed by atoms with Gasteiger partial charge in [0.25, 0.3) is 0 Å². The Labute approximate surface area is 134 Å². The van der Waals surface area contributed by atoms with Crippen LogP contribution in [0.1, 0.15) is 110 Å². The first-order valence-electron chi connectivity index (χ1n) is 10.1. The van der Waals surface area contributed by atoms with Gasteiger partial charge in [-0.15, -0.1) is 0 Å². The minimum atomic E-state index is 0.927. The molecule has 0 saturated heterocycles. The van der Waals surface area contributed by atoms with Gasteiger partial charge in [0.15, 0.2) is 0 Å². The zero-order valence-corrected chi connectivity index (χ0v) is 15.0. The molecule has 1 rings (SSSR count). The lowest BCUT2D eigenvalue weighted by molar-refractivity contribution is 0.150. The van der Waals surface area contributed by atoms with Gasteiger partial charge in [-0.05, 0) is 38.8 Å². The van der Waals surface area contributed by atoms with E-state index in [-0.39, 0.29) is 0 Å². The fourth-order valence-electron chi connectivity index (χ4n) is 3.76. The Balaban J connectivity index is 2.20. The molecule has 1 fully saturated rings. The van der Waals surface area contributed by atoms with E-state index in [9.17, 15) is 0 Å². The highest BCUT2D eigenvalue weighted by Crippen LogP contribution is 2.23. The highest BCUT2D eigenvalue weighted by molar-refractivity contribution is 4.76. The average molecular weight is 296 g/mol. The molecule has 0 amide bonds. The minimum Gasteiger partial charge on any atom is -0.300 e. The molecule has 126 valence electrons. The van der Waals surface area contributed by atoms with Crippen LogP contribution in [0.3, 0.4) is 0 Å². The van der Waals surface area contributed by atoms with E-state index in [1.165, 1.54) is 109 Å². The topological polar surface area (TPSA) is 3.24 Å². The molecule has 21 heavy (non-hydrogen) atoms.